The maximum atomic E-state index is 12.6. The van der Waals surface area contributed by atoms with Crippen LogP contribution in [-0.4, -0.2) is 28.4 Å². The summed E-state index contributed by atoms with van der Waals surface area (Å²) in [6, 6.07) is 0.667. The van der Waals surface area contributed by atoms with Crippen LogP contribution in [-0.2, 0) is 6.54 Å². The quantitative estimate of drug-likeness (QED) is 0.871. The molecule has 0 bridgehead atoms. The fraction of sp³-hybridized carbons (Fsp3) is 0.733. The lowest BCUT2D eigenvalue weighted by molar-refractivity contribution is 0.261. The average Bonchev–Trinajstić information content (AvgIpc) is 2.42. The average molecular weight is 355 g/mol. The van der Waals surface area contributed by atoms with Crippen molar-refractivity contribution in [3.8, 4) is 0 Å². The maximum Gasteiger partial charge on any atom is 0.291 e. The van der Waals surface area contributed by atoms with E-state index in [1.54, 1.807) is 10.9 Å². The minimum absolute atomic E-state index is 0.00551. The zero-order chi connectivity index (χ0) is 14.8. The smallest absolute Gasteiger partial charge is 0.291 e. The number of hydrogen-bond acceptors (Lipinski definition) is 4. The van der Waals surface area contributed by atoms with Crippen molar-refractivity contribution in [1.82, 2.24) is 15.1 Å². The molecule has 0 spiro atoms. The number of hydrogen-bond donors (Lipinski definition) is 2. The highest BCUT2D eigenvalue weighted by atomic mass is 79.9. The summed E-state index contributed by atoms with van der Waals surface area (Å²) < 4.78 is 2.38. The summed E-state index contributed by atoms with van der Waals surface area (Å²) in [6.07, 6.45) is 7.69. The monoisotopic (exact) mass is 354 g/mol. The molecule has 6 heteroatoms. The Kier molecular flexibility index (Phi) is 4.64. The lowest BCUT2D eigenvalue weighted by Gasteiger charge is -2.31. The van der Waals surface area contributed by atoms with Crippen LogP contribution in [0.15, 0.2) is 15.5 Å². The molecule has 1 aliphatic heterocycles. The summed E-state index contributed by atoms with van der Waals surface area (Å²) in [7, 11) is 0. The highest BCUT2D eigenvalue weighted by molar-refractivity contribution is 9.10. The van der Waals surface area contributed by atoms with Gasteiger partial charge in [-0.2, -0.15) is 5.10 Å². The lowest BCUT2D eigenvalue weighted by atomic mass is 9.85. The highest BCUT2D eigenvalue weighted by Crippen LogP contribution is 2.27. The van der Waals surface area contributed by atoms with Crippen LogP contribution in [0.4, 0.5) is 5.69 Å². The fourth-order valence-corrected chi connectivity index (χ4v) is 3.45. The summed E-state index contributed by atoms with van der Waals surface area (Å²) in [5.41, 5.74) is 0.652. The molecule has 5 nitrogen and oxygen atoms in total. The molecule has 2 atom stereocenters. The Morgan fingerprint density at radius 2 is 2.24 bits per heavy atom. The van der Waals surface area contributed by atoms with E-state index in [2.05, 4.69) is 38.6 Å². The molecule has 2 unspecified atom stereocenters. The first-order valence-corrected chi connectivity index (χ1v) is 8.70. The van der Waals surface area contributed by atoms with Gasteiger partial charge in [-0.05, 0) is 61.0 Å². The standard InChI is InChI=1S/C15H23BrN4O/c1-10-13(6-3-7-17-10)19-14-12(16)8-18-20(15(14)21)9-11-4-2-5-11/h8,10-11,13,17,19H,2-7,9H2,1H3. The third-order valence-electron chi connectivity index (χ3n) is 4.74. The van der Waals surface area contributed by atoms with Crippen LogP contribution in [0.5, 0.6) is 0 Å². The third-order valence-corrected chi connectivity index (χ3v) is 5.35. The van der Waals surface area contributed by atoms with Crippen LogP contribution in [0.1, 0.15) is 39.0 Å². The van der Waals surface area contributed by atoms with E-state index in [1.165, 1.54) is 19.3 Å². The SMILES string of the molecule is CC1NCCCC1Nc1c(Br)cnn(CC2CCC2)c1=O. The van der Waals surface area contributed by atoms with Gasteiger partial charge in [0.15, 0.2) is 0 Å². The van der Waals surface area contributed by atoms with Crippen molar-refractivity contribution in [3.63, 3.8) is 0 Å². The first-order chi connectivity index (χ1) is 10.1. The molecule has 3 rings (SSSR count). The van der Waals surface area contributed by atoms with Gasteiger partial charge in [0, 0.05) is 18.6 Å². The van der Waals surface area contributed by atoms with E-state index in [4.69, 9.17) is 0 Å². The Balaban J connectivity index is 1.79. The molecule has 2 heterocycles. The highest BCUT2D eigenvalue weighted by Gasteiger charge is 2.24. The molecule has 1 saturated carbocycles. The van der Waals surface area contributed by atoms with E-state index in [1.807, 2.05) is 0 Å². The van der Waals surface area contributed by atoms with Gasteiger partial charge in [0.2, 0.25) is 0 Å². The minimum atomic E-state index is -0.00551. The van der Waals surface area contributed by atoms with E-state index >= 15 is 0 Å². The molecule has 1 aromatic rings. The molecule has 2 fully saturated rings. The van der Waals surface area contributed by atoms with E-state index < -0.39 is 0 Å². The summed E-state index contributed by atoms with van der Waals surface area (Å²) in [5, 5.41) is 11.2. The lowest BCUT2D eigenvalue weighted by Crippen LogP contribution is -2.47. The van der Waals surface area contributed by atoms with Crippen LogP contribution < -0.4 is 16.2 Å². The molecular formula is C15H23BrN4O. The number of aromatic nitrogens is 2. The van der Waals surface area contributed by atoms with E-state index in [-0.39, 0.29) is 5.56 Å². The van der Waals surface area contributed by atoms with Crippen LogP contribution >= 0.6 is 15.9 Å². The summed E-state index contributed by atoms with van der Waals surface area (Å²) in [4.78, 5) is 12.6. The second kappa shape index (κ2) is 6.48. The summed E-state index contributed by atoms with van der Waals surface area (Å²) in [6.45, 7) is 3.97. The van der Waals surface area contributed by atoms with Crippen molar-refractivity contribution < 1.29 is 0 Å². The van der Waals surface area contributed by atoms with Gasteiger partial charge in [0.1, 0.15) is 5.69 Å². The largest absolute Gasteiger partial charge is 0.375 e. The molecule has 21 heavy (non-hydrogen) atoms. The third kappa shape index (κ3) is 3.31. The Morgan fingerprint density at radius 3 is 2.90 bits per heavy atom. The van der Waals surface area contributed by atoms with Crippen molar-refractivity contribution in [2.75, 3.05) is 11.9 Å². The first-order valence-electron chi connectivity index (χ1n) is 7.90. The van der Waals surface area contributed by atoms with Crippen LogP contribution in [0.25, 0.3) is 0 Å². The Morgan fingerprint density at radius 1 is 1.43 bits per heavy atom. The van der Waals surface area contributed by atoms with Gasteiger partial charge in [-0.3, -0.25) is 4.79 Å². The second-order valence-corrected chi connectivity index (χ2v) is 7.14. The zero-order valence-electron chi connectivity index (χ0n) is 12.4. The summed E-state index contributed by atoms with van der Waals surface area (Å²) >= 11 is 3.47. The van der Waals surface area contributed by atoms with Gasteiger partial charge in [-0.1, -0.05) is 6.42 Å². The van der Waals surface area contributed by atoms with Crippen molar-refractivity contribution in [2.24, 2.45) is 5.92 Å². The normalized spacial score (nSPS) is 26.4. The minimum Gasteiger partial charge on any atom is -0.375 e. The van der Waals surface area contributed by atoms with Crippen LogP contribution in [0, 0.1) is 5.92 Å². The van der Waals surface area contributed by atoms with Gasteiger partial charge in [0.25, 0.3) is 5.56 Å². The van der Waals surface area contributed by atoms with Gasteiger partial charge in [0.05, 0.1) is 10.7 Å². The van der Waals surface area contributed by atoms with Gasteiger partial charge in [-0.15, -0.1) is 0 Å². The molecule has 2 aliphatic rings. The number of halogens is 1. The van der Waals surface area contributed by atoms with Gasteiger partial charge >= 0.3 is 0 Å². The van der Waals surface area contributed by atoms with Crippen molar-refractivity contribution in [1.29, 1.82) is 0 Å². The molecule has 0 radical (unpaired) electrons. The van der Waals surface area contributed by atoms with Crippen molar-refractivity contribution in [2.45, 2.75) is 57.7 Å². The number of piperidine rings is 1. The van der Waals surface area contributed by atoms with Gasteiger partial charge in [-0.25, -0.2) is 4.68 Å². The van der Waals surface area contributed by atoms with Crippen LogP contribution in [0.2, 0.25) is 0 Å². The predicted octanol–water partition coefficient (Wildman–Crippen LogP) is 2.36. The molecule has 116 valence electrons. The summed E-state index contributed by atoms with van der Waals surface area (Å²) in [5.74, 6) is 0.625. The Bertz CT molecular complexity index is 555. The number of rotatable bonds is 4. The topological polar surface area (TPSA) is 59.0 Å². The molecule has 1 saturated heterocycles. The molecule has 0 amide bonds. The molecule has 1 aromatic heterocycles. The Hall–Kier alpha value is -0.880. The molecule has 0 aromatic carbocycles. The first kappa shape index (κ1) is 15.0. The van der Waals surface area contributed by atoms with Crippen LogP contribution in [0.3, 0.4) is 0 Å². The van der Waals surface area contributed by atoms with Crippen molar-refractivity contribution in [3.05, 3.63) is 21.0 Å². The fourth-order valence-electron chi connectivity index (χ4n) is 3.08. The Labute approximate surface area is 133 Å². The number of anilines is 1. The zero-order valence-corrected chi connectivity index (χ0v) is 14.0. The molecule has 2 N–H and O–H groups in total. The molecular weight excluding hydrogens is 332 g/mol. The maximum absolute atomic E-state index is 12.6. The van der Waals surface area contributed by atoms with Crippen molar-refractivity contribution >= 4 is 21.6 Å². The second-order valence-electron chi connectivity index (χ2n) is 6.29. The van der Waals surface area contributed by atoms with Gasteiger partial charge < -0.3 is 10.6 Å². The number of nitrogens with zero attached hydrogens (tertiary/aromatic N) is 2. The number of nitrogens with one attached hydrogen (secondary N) is 2. The van der Waals surface area contributed by atoms with E-state index in [0.29, 0.717) is 23.7 Å². The molecule has 1 aliphatic carbocycles. The van der Waals surface area contributed by atoms with E-state index in [9.17, 15) is 4.79 Å². The van der Waals surface area contributed by atoms with E-state index in [0.717, 1.165) is 30.4 Å². The predicted molar refractivity (Wildman–Crippen MR) is 87.6 cm³/mol.